The number of rotatable bonds is 5. The number of hydrogen-bond acceptors (Lipinski definition) is 4. The highest BCUT2D eigenvalue weighted by Crippen LogP contribution is 2.32. The van der Waals surface area contributed by atoms with Crippen LogP contribution >= 0.6 is 11.8 Å². The number of carbonyl (C=O) groups is 2. The molecule has 0 radical (unpaired) electrons. The number of pyridine rings is 1. The van der Waals surface area contributed by atoms with Crippen molar-refractivity contribution in [2.24, 2.45) is 5.92 Å². The van der Waals surface area contributed by atoms with Crippen molar-refractivity contribution in [2.45, 2.75) is 55.5 Å². The lowest BCUT2D eigenvalue weighted by molar-refractivity contribution is -0.142. The molecule has 27 heavy (non-hydrogen) atoms. The number of amides is 1. The zero-order chi connectivity index (χ0) is 19.4. The van der Waals surface area contributed by atoms with Gasteiger partial charge in [-0.15, -0.1) is 0 Å². The Labute approximate surface area is 163 Å². The molecule has 1 amide bonds. The molecular formula is C21H24N2O3S. The van der Waals surface area contributed by atoms with Crippen molar-refractivity contribution >= 4 is 23.6 Å². The third-order valence-electron chi connectivity index (χ3n) is 4.96. The second-order valence-electron chi connectivity index (χ2n) is 7.09. The van der Waals surface area contributed by atoms with Gasteiger partial charge in [0.2, 0.25) is 0 Å². The van der Waals surface area contributed by atoms with Crippen LogP contribution in [0.2, 0.25) is 0 Å². The molecule has 2 N–H and O–H groups in total. The van der Waals surface area contributed by atoms with Gasteiger partial charge in [-0.3, -0.25) is 9.59 Å². The Morgan fingerprint density at radius 2 is 1.89 bits per heavy atom. The molecule has 0 saturated heterocycles. The van der Waals surface area contributed by atoms with E-state index in [0.717, 1.165) is 10.5 Å². The van der Waals surface area contributed by atoms with Gasteiger partial charge in [0, 0.05) is 17.1 Å². The molecule has 1 aliphatic rings. The number of carboxylic acid groups (broad SMARTS) is 1. The van der Waals surface area contributed by atoms with Crippen molar-refractivity contribution < 1.29 is 14.7 Å². The van der Waals surface area contributed by atoms with Gasteiger partial charge in [-0.05, 0) is 63.3 Å². The first-order chi connectivity index (χ1) is 12.9. The number of aryl methyl sites for hydroxylation is 2. The highest BCUT2D eigenvalue weighted by atomic mass is 32.2. The first-order valence-electron chi connectivity index (χ1n) is 9.18. The normalized spacial score (nSPS) is 19.5. The van der Waals surface area contributed by atoms with Gasteiger partial charge < -0.3 is 10.4 Å². The van der Waals surface area contributed by atoms with Crippen molar-refractivity contribution in [3.05, 3.63) is 53.2 Å². The number of carboxylic acids is 1. The van der Waals surface area contributed by atoms with Gasteiger partial charge in [-0.25, -0.2) is 4.98 Å². The molecule has 0 bridgehead atoms. The topological polar surface area (TPSA) is 79.3 Å². The highest BCUT2D eigenvalue weighted by molar-refractivity contribution is 7.99. The van der Waals surface area contributed by atoms with Crippen molar-refractivity contribution in [3.8, 4) is 0 Å². The summed E-state index contributed by atoms with van der Waals surface area (Å²) in [5.74, 6) is -1.17. The van der Waals surface area contributed by atoms with E-state index < -0.39 is 5.97 Å². The van der Waals surface area contributed by atoms with Crippen LogP contribution in [0.5, 0.6) is 0 Å². The van der Waals surface area contributed by atoms with E-state index >= 15 is 0 Å². The van der Waals surface area contributed by atoms with E-state index in [1.54, 1.807) is 18.3 Å². The fourth-order valence-corrected chi connectivity index (χ4v) is 4.36. The second-order valence-corrected chi connectivity index (χ2v) is 8.12. The predicted molar refractivity (Wildman–Crippen MR) is 105 cm³/mol. The third kappa shape index (κ3) is 4.89. The molecule has 5 nitrogen and oxygen atoms in total. The van der Waals surface area contributed by atoms with Crippen LogP contribution in [0.25, 0.3) is 0 Å². The molecule has 0 unspecified atom stereocenters. The van der Waals surface area contributed by atoms with E-state index in [1.165, 1.54) is 17.3 Å². The van der Waals surface area contributed by atoms with Crippen molar-refractivity contribution in [1.82, 2.24) is 10.3 Å². The Kier molecular flexibility index (Phi) is 6.16. The average Bonchev–Trinajstić information content (AvgIpc) is 2.65. The maximum absolute atomic E-state index is 12.8. The molecule has 2 aromatic rings. The predicted octanol–water partition coefficient (Wildman–Crippen LogP) is 4.22. The van der Waals surface area contributed by atoms with E-state index in [9.17, 15) is 9.59 Å². The first-order valence-corrected chi connectivity index (χ1v) is 9.99. The lowest BCUT2D eigenvalue weighted by atomic mass is 9.86. The van der Waals surface area contributed by atoms with Gasteiger partial charge in [0.25, 0.3) is 5.91 Å². The van der Waals surface area contributed by atoms with E-state index in [-0.39, 0.29) is 17.9 Å². The average molecular weight is 385 g/mol. The maximum atomic E-state index is 12.8. The lowest BCUT2D eigenvalue weighted by Gasteiger charge is -2.27. The first kappa shape index (κ1) is 19.4. The Morgan fingerprint density at radius 3 is 2.56 bits per heavy atom. The minimum Gasteiger partial charge on any atom is -0.481 e. The summed E-state index contributed by atoms with van der Waals surface area (Å²) in [7, 11) is 0. The van der Waals surface area contributed by atoms with Crippen molar-refractivity contribution in [3.63, 3.8) is 0 Å². The zero-order valence-corrected chi connectivity index (χ0v) is 16.4. The number of nitrogens with one attached hydrogen (secondary N) is 1. The number of aromatic nitrogens is 1. The quantitative estimate of drug-likeness (QED) is 0.807. The van der Waals surface area contributed by atoms with E-state index in [1.807, 2.05) is 0 Å². The summed E-state index contributed by atoms with van der Waals surface area (Å²) in [5, 5.41) is 12.8. The minimum atomic E-state index is -0.737. The van der Waals surface area contributed by atoms with Crippen LogP contribution in [0.3, 0.4) is 0 Å². The molecule has 0 spiro atoms. The fraction of sp³-hybridized carbons (Fsp3) is 0.381. The summed E-state index contributed by atoms with van der Waals surface area (Å²) in [5.41, 5.74) is 2.92. The van der Waals surface area contributed by atoms with Crippen LogP contribution in [0.1, 0.15) is 47.2 Å². The number of nitrogens with zero attached hydrogens (tertiary/aromatic N) is 1. The molecule has 1 aromatic heterocycles. The van der Waals surface area contributed by atoms with Crippen LogP contribution in [0.4, 0.5) is 0 Å². The highest BCUT2D eigenvalue weighted by Gasteiger charge is 2.27. The van der Waals surface area contributed by atoms with Crippen LogP contribution in [0.15, 0.2) is 46.5 Å². The molecule has 1 fully saturated rings. The molecule has 3 rings (SSSR count). The van der Waals surface area contributed by atoms with Gasteiger partial charge in [0.1, 0.15) is 5.03 Å². The van der Waals surface area contributed by atoms with E-state index in [4.69, 9.17) is 5.11 Å². The van der Waals surface area contributed by atoms with Gasteiger partial charge in [-0.2, -0.15) is 0 Å². The third-order valence-corrected chi connectivity index (χ3v) is 6.16. The Bertz CT molecular complexity index is 845. The monoisotopic (exact) mass is 384 g/mol. The Hall–Kier alpha value is -2.34. The molecule has 1 heterocycles. The maximum Gasteiger partial charge on any atom is 0.306 e. The molecule has 1 saturated carbocycles. The number of carbonyl (C=O) groups excluding carboxylic acids is 1. The van der Waals surface area contributed by atoms with Gasteiger partial charge in [0.15, 0.2) is 0 Å². The molecule has 1 aliphatic carbocycles. The number of hydrogen-bond donors (Lipinski definition) is 2. The van der Waals surface area contributed by atoms with Crippen LogP contribution in [0, 0.1) is 19.8 Å². The Morgan fingerprint density at radius 1 is 1.15 bits per heavy atom. The standard InChI is InChI=1S/C21H24N2O3S/c1-13-5-10-18(14(2)12-13)27-20-17(4-3-11-22-20)19(24)23-16-8-6-15(7-9-16)21(25)26/h3-5,10-12,15-16H,6-9H2,1-2H3,(H,23,24)(H,25,26). The smallest absolute Gasteiger partial charge is 0.306 e. The number of aliphatic carboxylic acids is 1. The molecule has 1 aromatic carbocycles. The summed E-state index contributed by atoms with van der Waals surface area (Å²) in [6.07, 6.45) is 4.31. The molecule has 142 valence electrons. The molecular weight excluding hydrogens is 360 g/mol. The molecule has 6 heteroatoms. The van der Waals surface area contributed by atoms with Crippen molar-refractivity contribution in [1.29, 1.82) is 0 Å². The summed E-state index contributed by atoms with van der Waals surface area (Å²) < 4.78 is 0. The van der Waals surface area contributed by atoms with Gasteiger partial charge in [-0.1, -0.05) is 29.5 Å². The molecule has 0 atom stereocenters. The summed E-state index contributed by atoms with van der Waals surface area (Å²) >= 11 is 1.49. The van der Waals surface area contributed by atoms with Crippen LogP contribution in [-0.2, 0) is 4.79 Å². The van der Waals surface area contributed by atoms with E-state index in [0.29, 0.717) is 36.3 Å². The van der Waals surface area contributed by atoms with Gasteiger partial charge >= 0.3 is 5.97 Å². The zero-order valence-electron chi connectivity index (χ0n) is 15.6. The van der Waals surface area contributed by atoms with Gasteiger partial charge in [0.05, 0.1) is 11.5 Å². The largest absolute Gasteiger partial charge is 0.481 e. The second kappa shape index (κ2) is 8.57. The minimum absolute atomic E-state index is 0.0206. The fourth-order valence-electron chi connectivity index (χ4n) is 3.41. The number of benzene rings is 1. The summed E-state index contributed by atoms with van der Waals surface area (Å²) in [6.45, 7) is 4.11. The molecule has 0 aliphatic heterocycles. The Balaban J connectivity index is 1.70. The lowest BCUT2D eigenvalue weighted by Crippen LogP contribution is -2.39. The van der Waals surface area contributed by atoms with Crippen molar-refractivity contribution in [2.75, 3.05) is 0 Å². The summed E-state index contributed by atoms with van der Waals surface area (Å²) in [6, 6.07) is 9.80. The summed E-state index contributed by atoms with van der Waals surface area (Å²) in [4.78, 5) is 29.4. The SMILES string of the molecule is Cc1ccc(Sc2ncccc2C(=O)NC2CCC(C(=O)O)CC2)c(C)c1. The van der Waals surface area contributed by atoms with Crippen LogP contribution < -0.4 is 5.32 Å². The van der Waals surface area contributed by atoms with Crippen LogP contribution in [-0.4, -0.2) is 28.0 Å². The van der Waals surface area contributed by atoms with E-state index in [2.05, 4.69) is 42.3 Å².